The first-order valence-electron chi connectivity index (χ1n) is 5.11. The van der Waals surface area contributed by atoms with Crippen molar-refractivity contribution < 1.29 is 0 Å². The Kier molecular flexibility index (Phi) is 2.63. The maximum absolute atomic E-state index is 5.45. The van der Waals surface area contributed by atoms with Crippen molar-refractivity contribution in [2.24, 2.45) is 5.73 Å². The second-order valence-corrected chi connectivity index (χ2v) is 3.61. The molecular formula is C10H16N4. The number of nitrogens with one attached hydrogen (secondary N) is 1. The molecular weight excluding hydrogens is 176 g/mol. The van der Waals surface area contributed by atoms with Crippen LogP contribution in [0.2, 0.25) is 0 Å². The lowest BCUT2D eigenvalue weighted by molar-refractivity contribution is 0.895. The highest BCUT2D eigenvalue weighted by molar-refractivity contribution is 5.48. The topological polar surface area (TPSA) is 63.8 Å². The van der Waals surface area contributed by atoms with Crippen LogP contribution < -0.4 is 11.1 Å². The average Bonchev–Trinajstić information content (AvgIpc) is 2.61. The largest absolute Gasteiger partial charge is 0.368 e. The van der Waals surface area contributed by atoms with E-state index in [4.69, 9.17) is 5.73 Å². The number of nitrogens with two attached hydrogens (primary N) is 1. The molecule has 0 aromatic carbocycles. The van der Waals surface area contributed by atoms with Crippen LogP contribution in [0.1, 0.15) is 23.5 Å². The molecule has 0 saturated heterocycles. The Hall–Kier alpha value is -1.16. The predicted molar refractivity (Wildman–Crippen MR) is 56.3 cm³/mol. The summed E-state index contributed by atoms with van der Waals surface area (Å²) in [6, 6.07) is 0. The van der Waals surface area contributed by atoms with E-state index in [-0.39, 0.29) is 0 Å². The van der Waals surface area contributed by atoms with Crippen molar-refractivity contribution in [1.82, 2.24) is 9.97 Å². The number of anilines is 1. The van der Waals surface area contributed by atoms with Gasteiger partial charge < -0.3 is 11.1 Å². The second-order valence-electron chi connectivity index (χ2n) is 3.61. The third-order valence-corrected chi connectivity index (χ3v) is 2.48. The number of rotatable bonds is 3. The van der Waals surface area contributed by atoms with Crippen molar-refractivity contribution in [3.8, 4) is 0 Å². The van der Waals surface area contributed by atoms with Crippen LogP contribution >= 0.6 is 0 Å². The fourth-order valence-electron chi connectivity index (χ4n) is 1.89. The van der Waals surface area contributed by atoms with E-state index in [0.717, 1.165) is 31.0 Å². The van der Waals surface area contributed by atoms with Crippen LogP contribution in [0.5, 0.6) is 0 Å². The van der Waals surface area contributed by atoms with Crippen LogP contribution in [-0.4, -0.2) is 23.1 Å². The van der Waals surface area contributed by atoms with Crippen LogP contribution in [0, 0.1) is 6.92 Å². The number of nitrogens with zero attached hydrogens (tertiary/aromatic N) is 2. The summed E-state index contributed by atoms with van der Waals surface area (Å²) in [4.78, 5) is 8.84. The van der Waals surface area contributed by atoms with Crippen molar-refractivity contribution in [3.05, 3.63) is 17.1 Å². The van der Waals surface area contributed by atoms with Gasteiger partial charge >= 0.3 is 0 Å². The second kappa shape index (κ2) is 3.92. The summed E-state index contributed by atoms with van der Waals surface area (Å²) in [6.07, 6.45) is 3.39. The molecule has 14 heavy (non-hydrogen) atoms. The molecule has 1 aliphatic rings. The first-order chi connectivity index (χ1) is 6.81. The zero-order chi connectivity index (χ0) is 9.97. The first kappa shape index (κ1) is 9.40. The van der Waals surface area contributed by atoms with Gasteiger partial charge in [-0.1, -0.05) is 0 Å². The Morgan fingerprint density at radius 3 is 3.00 bits per heavy atom. The molecule has 0 unspecified atom stereocenters. The van der Waals surface area contributed by atoms with Gasteiger partial charge in [-0.15, -0.1) is 0 Å². The fourth-order valence-corrected chi connectivity index (χ4v) is 1.89. The summed E-state index contributed by atoms with van der Waals surface area (Å²) >= 11 is 0. The number of hydrogen-bond donors (Lipinski definition) is 2. The number of aryl methyl sites for hydroxylation is 2. The van der Waals surface area contributed by atoms with Crippen molar-refractivity contribution in [1.29, 1.82) is 0 Å². The van der Waals surface area contributed by atoms with Gasteiger partial charge in [0.1, 0.15) is 11.6 Å². The molecule has 0 spiro atoms. The molecule has 2 rings (SSSR count). The Labute approximate surface area is 83.9 Å². The highest BCUT2D eigenvalue weighted by Crippen LogP contribution is 2.25. The SMILES string of the molecule is Cc1nc2c(c(NCCN)n1)CCC2. The summed E-state index contributed by atoms with van der Waals surface area (Å²) in [7, 11) is 0. The molecule has 0 amide bonds. The fraction of sp³-hybridized carbons (Fsp3) is 0.600. The minimum absolute atomic E-state index is 0.637. The van der Waals surface area contributed by atoms with Gasteiger partial charge in [0.15, 0.2) is 0 Å². The van der Waals surface area contributed by atoms with Gasteiger partial charge in [-0.3, -0.25) is 0 Å². The summed E-state index contributed by atoms with van der Waals surface area (Å²) in [5, 5.41) is 3.26. The van der Waals surface area contributed by atoms with Crippen LogP contribution in [0.4, 0.5) is 5.82 Å². The lowest BCUT2D eigenvalue weighted by Gasteiger charge is -2.09. The minimum atomic E-state index is 0.637. The highest BCUT2D eigenvalue weighted by Gasteiger charge is 2.17. The molecule has 1 aromatic rings. The van der Waals surface area contributed by atoms with Crippen LogP contribution in [0.15, 0.2) is 0 Å². The summed E-state index contributed by atoms with van der Waals surface area (Å²) < 4.78 is 0. The van der Waals surface area contributed by atoms with Gasteiger partial charge in [-0.05, 0) is 26.2 Å². The van der Waals surface area contributed by atoms with Crippen molar-refractivity contribution >= 4 is 5.82 Å². The quantitative estimate of drug-likeness (QED) is 0.738. The predicted octanol–water partition coefficient (Wildman–Crippen LogP) is 0.644. The third-order valence-electron chi connectivity index (χ3n) is 2.48. The Morgan fingerprint density at radius 1 is 1.36 bits per heavy atom. The molecule has 0 atom stereocenters. The molecule has 4 nitrogen and oxygen atoms in total. The molecule has 3 N–H and O–H groups in total. The van der Waals surface area contributed by atoms with Gasteiger partial charge in [0, 0.05) is 24.3 Å². The van der Waals surface area contributed by atoms with E-state index >= 15 is 0 Å². The molecule has 1 heterocycles. The molecule has 0 radical (unpaired) electrons. The van der Waals surface area contributed by atoms with Crippen LogP contribution in [-0.2, 0) is 12.8 Å². The summed E-state index contributed by atoms with van der Waals surface area (Å²) in [5.74, 6) is 1.85. The highest BCUT2D eigenvalue weighted by atomic mass is 15.0. The average molecular weight is 192 g/mol. The zero-order valence-electron chi connectivity index (χ0n) is 8.51. The van der Waals surface area contributed by atoms with Gasteiger partial charge in [-0.2, -0.15) is 0 Å². The van der Waals surface area contributed by atoms with Gasteiger partial charge in [0.05, 0.1) is 0 Å². The van der Waals surface area contributed by atoms with Crippen LogP contribution in [0.3, 0.4) is 0 Å². The van der Waals surface area contributed by atoms with Gasteiger partial charge in [0.2, 0.25) is 0 Å². The maximum Gasteiger partial charge on any atom is 0.133 e. The lowest BCUT2D eigenvalue weighted by Crippen LogP contribution is -2.16. The van der Waals surface area contributed by atoms with Gasteiger partial charge in [0.25, 0.3) is 0 Å². The smallest absolute Gasteiger partial charge is 0.133 e. The molecule has 0 saturated carbocycles. The van der Waals surface area contributed by atoms with Crippen molar-refractivity contribution in [3.63, 3.8) is 0 Å². The first-order valence-corrected chi connectivity index (χ1v) is 5.11. The molecule has 1 aliphatic carbocycles. The number of fused-ring (bicyclic) bond motifs is 1. The standard InChI is InChI=1S/C10H16N4/c1-7-13-9-4-2-3-8(9)10(14-7)12-6-5-11/h2-6,11H2,1H3,(H,12,13,14). The van der Waals surface area contributed by atoms with E-state index in [2.05, 4.69) is 15.3 Å². The Morgan fingerprint density at radius 2 is 2.21 bits per heavy atom. The molecule has 1 aromatic heterocycles. The number of hydrogen-bond acceptors (Lipinski definition) is 4. The Balaban J connectivity index is 2.29. The lowest BCUT2D eigenvalue weighted by atomic mass is 10.2. The van der Waals surface area contributed by atoms with E-state index < -0.39 is 0 Å². The monoisotopic (exact) mass is 192 g/mol. The van der Waals surface area contributed by atoms with Crippen molar-refractivity contribution in [2.45, 2.75) is 26.2 Å². The van der Waals surface area contributed by atoms with E-state index in [1.807, 2.05) is 6.92 Å². The molecule has 76 valence electrons. The van der Waals surface area contributed by atoms with Crippen molar-refractivity contribution in [2.75, 3.05) is 18.4 Å². The summed E-state index contributed by atoms with van der Waals surface area (Å²) in [5.41, 5.74) is 7.97. The molecule has 4 heteroatoms. The zero-order valence-corrected chi connectivity index (χ0v) is 8.51. The van der Waals surface area contributed by atoms with Crippen LogP contribution in [0.25, 0.3) is 0 Å². The van der Waals surface area contributed by atoms with E-state index in [1.54, 1.807) is 0 Å². The molecule has 0 bridgehead atoms. The minimum Gasteiger partial charge on any atom is -0.368 e. The normalized spacial score (nSPS) is 14.1. The number of aromatic nitrogens is 2. The maximum atomic E-state index is 5.45. The molecule has 0 fully saturated rings. The van der Waals surface area contributed by atoms with E-state index in [0.29, 0.717) is 6.54 Å². The summed E-state index contributed by atoms with van der Waals surface area (Å²) in [6.45, 7) is 3.35. The van der Waals surface area contributed by atoms with Gasteiger partial charge in [-0.25, -0.2) is 9.97 Å². The van der Waals surface area contributed by atoms with E-state index in [9.17, 15) is 0 Å². The Bertz CT molecular complexity index is 335. The molecule has 0 aliphatic heterocycles. The van der Waals surface area contributed by atoms with E-state index in [1.165, 1.54) is 17.7 Å². The third kappa shape index (κ3) is 1.70.